The normalized spacial score (nSPS) is 18.2. The number of nitrogens with zero attached hydrogens (tertiary/aromatic N) is 4. The summed E-state index contributed by atoms with van der Waals surface area (Å²) in [6, 6.07) is 0.0743. The van der Waals surface area contributed by atoms with Gasteiger partial charge in [-0.3, -0.25) is 14.8 Å². The first-order valence-electron chi connectivity index (χ1n) is 7.45. The smallest absolute Gasteiger partial charge is 0.273 e. The van der Waals surface area contributed by atoms with Crippen LogP contribution in [0.5, 0.6) is 0 Å². The number of piperidine rings is 1. The molecule has 0 saturated carbocycles. The third kappa shape index (κ3) is 4.42. The zero-order valence-electron chi connectivity index (χ0n) is 13.3. The van der Waals surface area contributed by atoms with Crippen LogP contribution in [0.15, 0.2) is 24.0 Å². The Hall–Kier alpha value is -1.28. The van der Waals surface area contributed by atoms with Gasteiger partial charge < -0.3 is 10.6 Å². The molecule has 6 nitrogen and oxygen atoms in total. The predicted octanol–water partition coefficient (Wildman–Crippen LogP) is 2.79. The van der Waals surface area contributed by atoms with Crippen molar-refractivity contribution in [2.75, 3.05) is 6.54 Å². The Balaban J connectivity index is 0.00000144. The van der Waals surface area contributed by atoms with Gasteiger partial charge in [0.05, 0.1) is 6.20 Å². The molecule has 0 radical (unpaired) electrons. The fourth-order valence-corrected chi connectivity index (χ4v) is 3.56. The number of halogens is 2. The number of carbonyl (C=O) groups excluding carboxylic acids is 1. The average Bonchev–Trinajstić information content (AvgIpc) is 3.05. The van der Waals surface area contributed by atoms with Crippen molar-refractivity contribution < 1.29 is 4.79 Å². The quantitative estimate of drug-likeness (QED) is 0.871. The van der Waals surface area contributed by atoms with Crippen LogP contribution < -0.4 is 5.73 Å². The second-order valence-corrected chi connectivity index (χ2v) is 6.41. The highest BCUT2D eigenvalue weighted by molar-refractivity contribution is 7.13. The van der Waals surface area contributed by atoms with Gasteiger partial charge in [-0.05, 0) is 26.2 Å². The lowest BCUT2D eigenvalue weighted by Gasteiger charge is -2.37. The Morgan fingerprint density at radius 3 is 2.83 bits per heavy atom. The Labute approximate surface area is 157 Å². The van der Waals surface area contributed by atoms with Crippen LogP contribution in [0, 0.1) is 0 Å². The minimum absolute atomic E-state index is 0. The van der Waals surface area contributed by atoms with E-state index in [0.29, 0.717) is 16.4 Å². The molecule has 3 rings (SSSR count). The van der Waals surface area contributed by atoms with Crippen LogP contribution in [0.4, 0.5) is 0 Å². The third-order valence-electron chi connectivity index (χ3n) is 3.92. The maximum absolute atomic E-state index is 12.7. The van der Waals surface area contributed by atoms with E-state index >= 15 is 0 Å². The zero-order valence-corrected chi connectivity index (χ0v) is 15.7. The first kappa shape index (κ1) is 20.8. The van der Waals surface area contributed by atoms with Gasteiger partial charge in [-0.25, -0.2) is 4.98 Å². The van der Waals surface area contributed by atoms with E-state index < -0.39 is 0 Å². The highest BCUT2D eigenvalue weighted by Gasteiger charge is 2.31. The Morgan fingerprint density at radius 1 is 1.38 bits per heavy atom. The molecule has 2 N–H and O–H groups in total. The number of amides is 1. The molecule has 1 saturated heterocycles. The second-order valence-electron chi connectivity index (χ2n) is 5.55. The minimum atomic E-state index is -0.0339. The fourth-order valence-electron chi connectivity index (χ4n) is 2.80. The van der Waals surface area contributed by atoms with E-state index in [9.17, 15) is 4.79 Å². The highest BCUT2D eigenvalue weighted by Crippen LogP contribution is 2.25. The molecule has 2 unspecified atom stereocenters. The van der Waals surface area contributed by atoms with Crippen molar-refractivity contribution in [2.24, 2.45) is 5.73 Å². The topological polar surface area (TPSA) is 85.0 Å². The standard InChI is InChI=1S/C15H19N5OS.2ClH/c1-10(16)13-4-2-3-7-20(13)15(21)12-9-22-14(19-12)11-8-17-5-6-18-11;;/h5-6,8-10,13H,2-4,7,16H2,1H3;2*1H. The maximum atomic E-state index is 12.7. The lowest BCUT2D eigenvalue weighted by Crippen LogP contribution is -2.51. The Bertz CT molecular complexity index is 652. The monoisotopic (exact) mass is 389 g/mol. The van der Waals surface area contributed by atoms with Gasteiger partial charge in [-0.1, -0.05) is 0 Å². The number of rotatable bonds is 3. The molecule has 3 heterocycles. The van der Waals surface area contributed by atoms with Gasteiger partial charge in [0.2, 0.25) is 0 Å². The van der Waals surface area contributed by atoms with Crippen molar-refractivity contribution in [3.05, 3.63) is 29.7 Å². The first-order valence-corrected chi connectivity index (χ1v) is 8.33. The summed E-state index contributed by atoms with van der Waals surface area (Å²) in [5.74, 6) is -0.0339. The molecule has 9 heteroatoms. The molecule has 0 aliphatic carbocycles. The van der Waals surface area contributed by atoms with Crippen molar-refractivity contribution in [2.45, 2.75) is 38.3 Å². The molecule has 2 atom stereocenters. The molecule has 2 aromatic rings. The summed E-state index contributed by atoms with van der Waals surface area (Å²) in [5, 5.41) is 2.50. The summed E-state index contributed by atoms with van der Waals surface area (Å²) in [4.78, 5) is 27.3. The number of hydrogen-bond acceptors (Lipinski definition) is 6. The maximum Gasteiger partial charge on any atom is 0.273 e. The van der Waals surface area contributed by atoms with Crippen LogP contribution in [-0.4, -0.2) is 44.4 Å². The number of likely N-dealkylation sites (tertiary alicyclic amines) is 1. The molecular weight excluding hydrogens is 369 g/mol. The van der Waals surface area contributed by atoms with E-state index in [1.807, 2.05) is 11.8 Å². The zero-order chi connectivity index (χ0) is 15.5. The Morgan fingerprint density at radius 2 is 2.17 bits per heavy atom. The summed E-state index contributed by atoms with van der Waals surface area (Å²) < 4.78 is 0. The van der Waals surface area contributed by atoms with Gasteiger partial charge in [0.15, 0.2) is 0 Å². The van der Waals surface area contributed by atoms with E-state index in [4.69, 9.17) is 5.73 Å². The van der Waals surface area contributed by atoms with E-state index in [0.717, 1.165) is 25.8 Å². The molecule has 2 aromatic heterocycles. The van der Waals surface area contributed by atoms with Crippen LogP contribution in [0.2, 0.25) is 0 Å². The Kier molecular flexibility index (Phi) is 8.02. The van der Waals surface area contributed by atoms with Crippen molar-refractivity contribution in [3.63, 3.8) is 0 Å². The molecule has 1 aliphatic rings. The third-order valence-corrected chi connectivity index (χ3v) is 4.79. The molecule has 1 fully saturated rings. The molecule has 0 spiro atoms. The molecule has 1 amide bonds. The summed E-state index contributed by atoms with van der Waals surface area (Å²) in [5.41, 5.74) is 7.20. The molecule has 1 aliphatic heterocycles. The number of carbonyl (C=O) groups is 1. The van der Waals surface area contributed by atoms with E-state index in [2.05, 4.69) is 15.0 Å². The van der Waals surface area contributed by atoms with Crippen LogP contribution in [0.3, 0.4) is 0 Å². The van der Waals surface area contributed by atoms with Crippen molar-refractivity contribution >= 4 is 42.1 Å². The molecule has 0 aromatic carbocycles. The second kappa shape index (κ2) is 9.27. The summed E-state index contributed by atoms with van der Waals surface area (Å²) in [6.45, 7) is 2.71. The highest BCUT2D eigenvalue weighted by atomic mass is 35.5. The van der Waals surface area contributed by atoms with Gasteiger partial charge in [0.25, 0.3) is 5.91 Å². The lowest BCUT2D eigenvalue weighted by atomic mass is 9.96. The van der Waals surface area contributed by atoms with Crippen molar-refractivity contribution in [1.82, 2.24) is 19.9 Å². The molecule has 132 valence electrons. The average molecular weight is 390 g/mol. The number of thiazole rings is 1. The van der Waals surface area contributed by atoms with Crippen LogP contribution in [0.1, 0.15) is 36.7 Å². The summed E-state index contributed by atoms with van der Waals surface area (Å²) in [6.07, 6.45) is 8.00. The van der Waals surface area contributed by atoms with Crippen LogP contribution in [0.25, 0.3) is 10.7 Å². The summed E-state index contributed by atoms with van der Waals surface area (Å²) >= 11 is 1.41. The summed E-state index contributed by atoms with van der Waals surface area (Å²) in [7, 11) is 0. The van der Waals surface area contributed by atoms with Gasteiger partial charge in [0, 0.05) is 36.4 Å². The predicted molar refractivity (Wildman–Crippen MR) is 100.0 cm³/mol. The van der Waals surface area contributed by atoms with E-state index in [-0.39, 0.29) is 42.8 Å². The van der Waals surface area contributed by atoms with Gasteiger partial charge in [0.1, 0.15) is 16.4 Å². The number of aromatic nitrogens is 3. The van der Waals surface area contributed by atoms with Crippen LogP contribution >= 0.6 is 36.2 Å². The lowest BCUT2D eigenvalue weighted by molar-refractivity contribution is 0.0578. The SMILES string of the molecule is CC(N)C1CCCCN1C(=O)c1csc(-c2cnccn2)n1.Cl.Cl. The molecule has 24 heavy (non-hydrogen) atoms. The van der Waals surface area contributed by atoms with E-state index in [1.165, 1.54) is 11.3 Å². The van der Waals surface area contributed by atoms with Gasteiger partial charge >= 0.3 is 0 Å². The van der Waals surface area contributed by atoms with E-state index in [1.54, 1.807) is 24.0 Å². The van der Waals surface area contributed by atoms with Crippen molar-refractivity contribution in [1.29, 1.82) is 0 Å². The largest absolute Gasteiger partial charge is 0.333 e. The van der Waals surface area contributed by atoms with Gasteiger partial charge in [-0.15, -0.1) is 36.2 Å². The first-order chi connectivity index (χ1) is 10.7. The molecular formula is C15H21Cl2N5OS. The molecule has 0 bridgehead atoms. The minimum Gasteiger partial charge on any atom is -0.333 e. The van der Waals surface area contributed by atoms with Crippen LogP contribution in [-0.2, 0) is 0 Å². The fraction of sp³-hybridized carbons (Fsp3) is 0.467. The van der Waals surface area contributed by atoms with Crippen molar-refractivity contribution in [3.8, 4) is 10.7 Å². The number of hydrogen-bond donors (Lipinski definition) is 1. The number of nitrogens with two attached hydrogens (primary N) is 1. The van der Waals surface area contributed by atoms with Gasteiger partial charge in [-0.2, -0.15) is 0 Å².